The number of ether oxygens (including phenoxy) is 1. The summed E-state index contributed by atoms with van der Waals surface area (Å²) in [5.74, 6) is 0.830. The van der Waals surface area contributed by atoms with Crippen LogP contribution in [0.1, 0.15) is 18.2 Å². The van der Waals surface area contributed by atoms with Gasteiger partial charge in [-0.3, -0.25) is 5.32 Å². The molecule has 33 heavy (non-hydrogen) atoms. The van der Waals surface area contributed by atoms with Crippen LogP contribution >= 0.6 is 0 Å². The van der Waals surface area contributed by atoms with Gasteiger partial charge in [0.15, 0.2) is 0 Å². The van der Waals surface area contributed by atoms with E-state index in [0.29, 0.717) is 18.9 Å². The van der Waals surface area contributed by atoms with E-state index in [1.54, 1.807) is 12.1 Å². The summed E-state index contributed by atoms with van der Waals surface area (Å²) in [6, 6.07) is 11.9. The number of nitrogens with one attached hydrogen (secondary N) is 3. The maximum Gasteiger partial charge on any atom is 0.324 e. The molecule has 0 saturated carbocycles. The maximum atomic E-state index is 12.3. The lowest BCUT2D eigenvalue weighted by Gasteiger charge is -2.33. The van der Waals surface area contributed by atoms with Gasteiger partial charge in [0.1, 0.15) is 5.82 Å². The monoisotopic (exact) mass is 447 g/mol. The van der Waals surface area contributed by atoms with Crippen LogP contribution < -0.4 is 20.9 Å². The summed E-state index contributed by atoms with van der Waals surface area (Å²) >= 11 is 0. The fourth-order valence-electron chi connectivity index (χ4n) is 4.03. The SMILES string of the molecule is CC1COCCN1c1nc2c(c(-c3ccc(NC(=O)Nc4cccc(O)n4)cc3)n1)CNC2. The lowest BCUT2D eigenvalue weighted by atomic mass is 10.1. The van der Waals surface area contributed by atoms with Gasteiger partial charge in [-0.1, -0.05) is 18.2 Å². The van der Waals surface area contributed by atoms with E-state index >= 15 is 0 Å². The first-order valence-corrected chi connectivity index (χ1v) is 10.9. The van der Waals surface area contributed by atoms with Crippen LogP contribution in [0.15, 0.2) is 42.5 Å². The van der Waals surface area contributed by atoms with Gasteiger partial charge in [-0.25, -0.2) is 14.8 Å². The Hall–Kier alpha value is -3.76. The number of hydrogen-bond acceptors (Lipinski definition) is 8. The van der Waals surface area contributed by atoms with E-state index < -0.39 is 6.03 Å². The van der Waals surface area contributed by atoms with E-state index in [1.807, 2.05) is 24.3 Å². The molecule has 1 unspecified atom stereocenters. The van der Waals surface area contributed by atoms with Gasteiger partial charge in [-0.15, -0.1) is 0 Å². The van der Waals surface area contributed by atoms with Crippen molar-refractivity contribution in [1.82, 2.24) is 20.3 Å². The summed E-state index contributed by atoms with van der Waals surface area (Å²) in [5, 5.41) is 18.2. The summed E-state index contributed by atoms with van der Waals surface area (Å²) in [5.41, 5.74) is 4.61. The number of hydrogen-bond donors (Lipinski definition) is 4. The minimum Gasteiger partial charge on any atom is -0.493 e. The van der Waals surface area contributed by atoms with E-state index in [1.165, 1.54) is 6.07 Å². The predicted octanol–water partition coefficient (Wildman–Crippen LogP) is 2.72. The molecule has 2 aromatic heterocycles. The highest BCUT2D eigenvalue weighted by atomic mass is 16.5. The number of urea groups is 1. The third-order valence-corrected chi connectivity index (χ3v) is 5.69. The fourth-order valence-corrected chi connectivity index (χ4v) is 4.03. The van der Waals surface area contributed by atoms with Gasteiger partial charge in [-0.05, 0) is 25.1 Å². The molecule has 10 heteroatoms. The number of benzene rings is 1. The van der Waals surface area contributed by atoms with Gasteiger partial charge in [0.05, 0.1) is 30.6 Å². The highest BCUT2D eigenvalue weighted by Gasteiger charge is 2.26. The van der Waals surface area contributed by atoms with Gasteiger partial charge >= 0.3 is 6.03 Å². The first-order chi connectivity index (χ1) is 16.1. The van der Waals surface area contributed by atoms with Crippen LogP contribution in [0.4, 0.5) is 22.2 Å². The molecule has 2 aliphatic rings. The third-order valence-electron chi connectivity index (χ3n) is 5.69. The zero-order valence-electron chi connectivity index (χ0n) is 18.2. The summed E-state index contributed by atoms with van der Waals surface area (Å²) in [7, 11) is 0. The van der Waals surface area contributed by atoms with Crippen molar-refractivity contribution in [3.8, 4) is 17.1 Å². The number of pyridine rings is 1. The summed E-state index contributed by atoms with van der Waals surface area (Å²) < 4.78 is 5.56. The molecule has 4 heterocycles. The second-order valence-corrected chi connectivity index (χ2v) is 8.06. The molecule has 0 bridgehead atoms. The number of fused-ring (bicyclic) bond motifs is 1. The second-order valence-electron chi connectivity index (χ2n) is 8.06. The first kappa shape index (κ1) is 21.1. The first-order valence-electron chi connectivity index (χ1n) is 10.9. The molecule has 0 radical (unpaired) electrons. The molecule has 2 amide bonds. The van der Waals surface area contributed by atoms with Gasteiger partial charge < -0.3 is 25.4 Å². The Kier molecular flexibility index (Phi) is 5.76. The van der Waals surface area contributed by atoms with E-state index in [-0.39, 0.29) is 17.7 Å². The van der Waals surface area contributed by atoms with Crippen LogP contribution in [0.2, 0.25) is 0 Å². The molecule has 2 aliphatic heterocycles. The van der Waals surface area contributed by atoms with Crippen molar-refractivity contribution in [1.29, 1.82) is 0 Å². The number of amides is 2. The van der Waals surface area contributed by atoms with E-state index in [2.05, 4.69) is 32.8 Å². The molecule has 3 aromatic rings. The highest BCUT2D eigenvalue weighted by Crippen LogP contribution is 2.30. The molecule has 1 saturated heterocycles. The Morgan fingerprint density at radius 1 is 1.12 bits per heavy atom. The van der Waals surface area contributed by atoms with Gasteiger partial charge in [0.2, 0.25) is 11.8 Å². The smallest absolute Gasteiger partial charge is 0.324 e. The number of rotatable bonds is 4. The normalized spacial score (nSPS) is 17.5. The predicted molar refractivity (Wildman–Crippen MR) is 124 cm³/mol. The van der Waals surface area contributed by atoms with Crippen LogP contribution in [0.25, 0.3) is 11.3 Å². The van der Waals surface area contributed by atoms with Crippen LogP contribution in [-0.4, -0.2) is 51.9 Å². The average molecular weight is 447 g/mol. The molecule has 0 aliphatic carbocycles. The van der Waals surface area contributed by atoms with Crippen molar-refractivity contribution < 1.29 is 14.6 Å². The van der Waals surface area contributed by atoms with Crippen molar-refractivity contribution in [3.05, 3.63) is 53.7 Å². The molecule has 1 fully saturated rings. The van der Waals surface area contributed by atoms with Crippen molar-refractivity contribution in [2.75, 3.05) is 35.3 Å². The van der Waals surface area contributed by atoms with Crippen LogP contribution in [0.3, 0.4) is 0 Å². The number of aromatic hydroxyl groups is 1. The van der Waals surface area contributed by atoms with E-state index in [9.17, 15) is 9.90 Å². The molecular weight excluding hydrogens is 422 g/mol. The van der Waals surface area contributed by atoms with Crippen LogP contribution in [0, 0.1) is 0 Å². The quantitative estimate of drug-likeness (QED) is 0.481. The number of morpholine rings is 1. The zero-order valence-corrected chi connectivity index (χ0v) is 18.2. The van der Waals surface area contributed by atoms with Crippen molar-refractivity contribution >= 4 is 23.5 Å². The maximum absolute atomic E-state index is 12.3. The molecular formula is C23H25N7O3. The molecule has 4 N–H and O–H groups in total. The molecule has 5 rings (SSSR count). The summed E-state index contributed by atoms with van der Waals surface area (Å²) in [6.07, 6.45) is 0. The number of carbonyl (C=O) groups is 1. The molecule has 1 atom stereocenters. The molecule has 170 valence electrons. The number of anilines is 3. The Labute approximate surface area is 191 Å². The van der Waals surface area contributed by atoms with Crippen LogP contribution in [-0.2, 0) is 17.8 Å². The Balaban J connectivity index is 1.36. The second kappa shape index (κ2) is 9.00. The summed E-state index contributed by atoms with van der Waals surface area (Å²) in [4.78, 5) is 28.1. The lowest BCUT2D eigenvalue weighted by molar-refractivity contribution is 0.0981. The van der Waals surface area contributed by atoms with Crippen molar-refractivity contribution in [2.45, 2.75) is 26.1 Å². The molecule has 0 spiro atoms. The Morgan fingerprint density at radius 2 is 1.97 bits per heavy atom. The standard InChI is InChI=1S/C23H25N7O3/c1-14-13-33-10-9-30(14)22-26-18-12-24-11-17(18)21(29-22)15-5-7-16(8-6-15)25-23(32)28-19-3-2-4-20(31)27-19/h2-8,14,24H,9-13H2,1H3,(H3,25,27,28,31,32). The van der Waals surface area contributed by atoms with Gasteiger partial charge in [0, 0.05) is 42.5 Å². The largest absolute Gasteiger partial charge is 0.493 e. The molecule has 1 aromatic carbocycles. The van der Waals surface area contributed by atoms with Crippen molar-refractivity contribution in [3.63, 3.8) is 0 Å². The van der Waals surface area contributed by atoms with E-state index in [4.69, 9.17) is 14.7 Å². The average Bonchev–Trinajstić information content (AvgIpc) is 3.28. The number of aromatic nitrogens is 3. The van der Waals surface area contributed by atoms with E-state index in [0.717, 1.165) is 48.1 Å². The van der Waals surface area contributed by atoms with Gasteiger partial charge in [0.25, 0.3) is 0 Å². The minimum atomic E-state index is -0.448. The number of nitrogens with zero attached hydrogens (tertiary/aromatic N) is 4. The Morgan fingerprint density at radius 3 is 2.76 bits per heavy atom. The van der Waals surface area contributed by atoms with Crippen LogP contribution in [0.5, 0.6) is 5.88 Å². The fraction of sp³-hybridized carbons (Fsp3) is 0.304. The summed E-state index contributed by atoms with van der Waals surface area (Å²) in [6.45, 7) is 5.65. The van der Waals surface area contributed by atoms with Gasteiger partial charge in [-0.2, -0.15) is 4.98 Å². The Bertz CT molecular complexity index is 1170. The van der Waals surface area contributed by atoms with Crippen molar-refractivity contribution in [2.24, 2.45) is 0 Å². The topological polar surface area (TPSA) is 125 Å². The zero-order chi connectivity index (χ0) is 22.8. The molecule has 10 nitrogen and oxygen atoms in total. The third kappa shape index (κ3) is 4.57. The minimum absolute atomic E-state index is 0.158. The number of carbonyl (C=O) groups excluding carboxylic acids is 1. The lowest BCUT2D eigenvalue weighted by Crippen LogP contribution is -2.44. The highest BCUT2D eigenvalue weighted by molar-refractivity contribution is 5.99.